The number of nitrogens with one attached hydrogen (secondary N) is 1. The van der Waals surface area contributed by atoms with Crippen molar-refractivity contribution in [3.05, 3.63) is 48.5 Å². The van der Waals surface area contributed by atoms with Gasteiger partial charge < -0.3 is 14.8 Å². The molecule has 1 N–H and O–H groups in total. The molecule has 2 aromatic rings. The number of benzene rings is 1. The molecule has 0 aliphatic carbocycles. The van der Waals surface area contributed by atoms with E-state index in [2.05, 4.69) is 15.3 Å². The van der Waals surface area contributed by atoms with Crippen molar-refractivity contribution in [2.75, 3.05) is 19.8 Å². The van der Waals surface area contributed by atoms with Gasteiger partial charge in [0.15, 0.2) is 11.5 Å². The monoisotopic (exact) mass is 273 g/mol. The highest BCUT2D eigenvalue weighted by atomic mass is 16.5. The highest BCUT2D eigenvalue weighted by Crippen LogP contribution is 2.25. The summed E-state index contributed by atoms with van der Waals surface area (Å²) in [5.74, 6) is 1.56. The lowest BCUT2D eigenvalue weighted by Gasteiger charge is -2.11. The molecule has 20 heavy (non-hydrogen) atoms. The van der Waals surface area contributed by atoms with Gasteiger partial charge >= 0.3 is 0 Å². The minimum absolute atomic E-state index is 0.579. The first-order valence-corrected chi connectivity index (χ1v) is 6.70. The van der Waals surface area contributed by atoms with Gasteiger partial charge in [-0.2, -0.15) is 0 Å². The number of aromatic nitrogens is 2. The molecule has 0 radical (unpaired) electrons. The van der Waals surface area contributed by atoms with Crippen LogP contribution < -0.4 is 14.8 Å². The van der Waals surface area contributed by atoms with Crippen molar-refractivity contribution in [3.8, 4) is 11.5 Å². The third-order valence-corrected chi connectivity index (χ3v) is 2.63. The molecule has 0 bridgehead atoms. The normalized spacial score (nSPS) is 10.2. The third kappa shape index (κ3) is 4.51. The molecule has 0 amide bonds. The molecule has 0 spiro atoms. The van der Waals surface area contributed by atoms with Crippen LogP contribution in [0.5, 0.6) is 11.5 Å². The molecule has 1 heterocycles. The predicted molar refractivity (Wildman–Crippen MR) is 76.8 cm³/mol. The summed E-state index contributed by atoms with van der Waals surface area (Å²) in [4.78, 5) is 8.02. The van der Waals surface area contributed by atoms with Crippen LogP contribution in [0.4, 0.5) is 0 Å². The van der Waals surface area contributed by atoms with Crippen molar-refractivity contribution in [1.29, 1.82) is 0 Å². The Balaban J connectivity index is 1.71. The van der Waals surface area contributed by atoms with E-state index in [1.165, 1.54) is 0 Å². The smallest absolute Gasteiger partial charge is 0.161 e. The van der Waals surface area contributed by atoms with E-state index >= 15 is 0 Å². The third-order valence-electron chi connectivity index (χ3n) is 2.63. The van der Waals surface area contributed by atoms with E-state index in [4.69, 9.17) is 9.47 Å². The minimum Gasteiger partial charge on any atom is -0.490 e. The number of ether oxygens (including phenoxy) is 2. The molecule has 0 fully saturated rings. The van der Waals surface area contributed by atoms with Gasteiger partial charge in [-0.15, -0.1) is 0 Å². The maximum Gasteiger partial charge on any atom is 0.161 e. The zero-order valence-electron chi connectivity index (χ0n) is 11.6. The molecule has 0 unspecified atom stereocenters. The van der Waals surface area contributed by atoms with E-state index in [-0.39, 0.29) is 0 Å². The largest absolute Gasteiger partial charge is 0.490 e. The van der Waals surface area contributed by atoms with Crippen LogP contribution in [0.25, 0.3) is 0 Å². The fraction of sp³-hybridized carbons (Fsp3) is 0.333. The number of rotatable bonds is 8. The molecule has 0 saturated carbocycles. The first-order valence-electron chi connectivity index (χ1n) is 6.70. The molecule has 0 atom stereocenters. The second-order valence-electron chi connectivity index (χ2n) is 4.11. The van der Waals surface area contributed by atoms with Gasteiger partial charge in [0.1, 0.15) is 12.9 Å². The number of hydrogen-bond donors (Lipinski definition) is 1. The second kappa shape index (κ2) is 8.12. The van der Waals surface area contributed by atoms with Gasteiger partial charge in [-0.1, -0.05) is 12.1 Å². The summed E-state index contributed by atoms with van der Waals surface area (Å²) in [6.45, 7) is 4.62. The van der Waals surface area contributed by atoms with E-state index in [1.807, 2.05) is 37.3 Å². The average Bonchev–Trinajstić information content (AvgIpc) is 2.50. The lowest BCUT2D eigenvalue weighted by Crippen LogP contribution is -2.21. The van der Waals surface area contributed by atoms with E-state index in [9.17, 15) is 0 Å². The lowest BCUT2D eigenvalue weighted by atomic mass is 10.3. The molecule has 5 heteroatoms. The molecule has 1 aromatic carbocycles. The van der Waals surface area contributed by atoms with E-state index in [0.29, 0.717) is 19.8 Å². The summed E-state index contributed by atoms with van der Waals surface area (Å²) >= 11 is 0. The van der Waals surface area contributed by atoms with Crippen molar-refractivity contribution in [2.45, 2.75) is 13.5 Å². The SMILES string of the molecule is CCOc1ccccc1OCCNCc1ccncn1. The fourth-order valence-corrected chi connectivity index (χ4v) is 1.72. The summed E-state index contributed by atoms with van der Waals surface area (Å²) in [5, 5.41) is 3.27. The van der Waals surface area contributed by atoms with Crippen LogP contribution in [0.1, 0.15) is 12.6 Å². The maximum atomic E-state index is 5.71. The lowest BCUT2D eigenvalue weighted by molar-refractivity contribution is 0.275. The van der Waals surface area contributed by atoms with E-state index in [0.717, 1.165) is 23.7 Å². The van der Waals surface area contributed by atoms with Crippen LogP contribution in [0.3, 0.4) is 0 Å². The number of para-hydroxylation sites is 2. The predicted octanol–water partition coefficient (Wildman–Crippen LogP) is 2.04. The van der Waals surface area contributed by atoms with Gasteiger partial charge in [0, 0.05) is 19.3 Å². The van der Waals surface area contributed by atoms with Crippen molar-refractivity contribution < 1.29 is 9.47 Å². The Morgan fingerprint density at radius 2 is 1.90 bits per heavy atom. The molecule has 1 aromatic heterocycles. The van der Waals surface area contributed by atoms with Crippen molar-refractivity contribution >= 4 is 0 Å². The fourth-order valence-electron chi connectivity index (χ4n) is 1.72. The quantitative estimate of drug-likeness (QED) is 0.746. The van der Waals surface area contributed by atoms with Crippen LogP contribution in [0.15, 0.2) is 42.9 Å². The summed E-state index contributed by atoms with van der Waals surface area (Å²) in [5.41, 5.74) is 0.967. The highest BCUT2D eigenvalue weighted by molar-refractivity contribution is 5.39. The molecule has 0 aliphatic rings. The molecular weight excluding hydrogens is 254 g/mol. The van der Waals surface area contributed by atoms with Crippen molar-refractivity contribution in [3.63, 3.8) is 0 Å². The van der Waals surface area contributed by atoms with E-state index in [1.54, 1.807) is 12.5 Å². The number of nitrogens with zero attached hydrogens (tertiary/aromatic N) is 2. The van der Waals surface area contributed by atoms with Gasteiger partial charge in [-0.05, 0) is 25.1 Å². The molecular formula is C15H19N3O2. The van der Waals surface area contributed by atoms with Crippen LogP contribution in [-0.4, -0.2) is 29.7 Å². The zero-order valence-corrected chi connectivity index (χ0v) is 11.6. The van der Waals surface area contributed by atoms with Crippen molar-refractivity contribution in [2.24, 2.45) is 0 Å². The molecule has 0 saturated heterocycles. The van der Waals surface area contributed by atoms with E-state index < -0.39 is 0 Å². The van der Waals surface area contributed by atoms with Gasteiger partial charge in [-0.3, -0.25) is 0 Å². The first-order chi connectivity index (χ1) is 9.90. The summed E-state index contributed by atoms with van der Waals surface area (Å²) in [7, 11) is 0. The Morgan fingerprint density at radius 3 is 2.60 bits per heavy atom. The Labute approximate surface area is 119 Å². The zero-order chi connectivity index (χ0) is 14.0. The Bertz CT molecular complexity index is 505. The second-order valence-corrected chi connectivity index (χ2v) is 4.11. The Hall–Kier alpha value is -2.14. The highest BCUT2D eigenvalue weighted by Gasteiger charge is 2.02. The summed E-state index contributed by atoms with van der Waals surface area (Å²) in [6, 6.07) is 9.58. The molecule has 2 rings (SSSR count). The molecule has 5 nitrogen and oxygen atoms in total. The standard InChI is InChI=1S/C15H19N3O2/c1-2-19-14-5-3-4-6-15(14)20-10-9-16-11-13-7-8-17-12-18-13/h3-8,12,16H,2,9-11H2,1H3. The summed E-state index contributed by atoms with van der Waals surface area (Å²) < 4.78 is 11.2. The summed E-state index contributed by atoms with van der Waals surface area (Å²) in [6.07, 6.45) is 3.28. The molecule has 106 valence electrons. The van der Waals surface area contributed by atoms with Crippen LogP contribution in [0, 0.1) is 0 Å². The first kappa shape index (κ1) is 14.3. The number of hydrogen-bond acceptors (Lipinski definition) is 5. The van der Waals surface area contributed by atoms with Crippen LogP contribution in [-0.2, 0) is 6.54 Å². The maximum absolute atomic E-state index is 5.71. The van der Waals surface area contributed by atoms with Gasteiger partial charge in [0.25, 0.3) is 0 Å². The Morgan fingerprint density at radius 1 is 1.10 bits per heavy atom. The molecule has 0 aliphatic heterocycles. The Kier molecular flexibility index (Phi) is 5.79. The van der Waals surface area contributed by atoms with Crippen molar-refractivity contribution in [1.82, 2.24) is 15.3 Å². The van der Waals surface area contributed by atoms with Crippen LogP contribution >= 0.6 is 0 Å². The van der Waals surface area contributed by atoms with Gasteiger partial charge in [-0.25, -0.2) is 9.97 Å². The topological polar surface area (TPSA) is 56.3 Å². The van der Waals surface area contributed by atoms with Gasteiger partial charge in [0.2, 0.25) is 0 Å². The average molecular weight is 273 g/mol. The van der Waals surface area contributed by atoms with Crippen LogP contribution in [0.2, 0.25) is 0 Å². The van der Waals surface area contributed by atoms with Gasteiger partial charge in [0.05, 0.1) is 12.3 Å². The minimum atomic E-state index is 0.579.